The van der Waals surface area contributed by atoms with Crippen LogP contribution in [0, 0.1) is 34.5 Å². The highest BCUT2D eigenvalue weighted by atomic mass is 16.3. The SMILES string of the molecule is CC[C@H]1CC[C@H]2[C@@H]3CCC4(O)C(O)CCC[C@]4(C)[C@H]3CC[C@]12C. The first-order chi connectivity index (χ1) is 10.9. The molecule has 23 heavy (non-hydrogen) atoms. The molecular weight excluding hydrogens is 284 g/mol. The van der Waals surface area contributed by atoms with Gasteiger partial charge in [0, 0.05) is 5.41 Å². The highest BCUT2D eigenvalue weighted by molar-refractivity contribution is 5.15. The Kier molecular flexibility index (Phi) is 3.71. The van der Waals surface area contributed by atoms with E-state index >= 15 is 0 Å². The molecule has 0 aromatic rings. The number of aliphatic hydroxyl groups excluding tert-OH is 1. The molecule has 0 spiro atoms. The van der Waals surface area contributed by atoms with Gasteiger partial charge in [0.05, 0.1) is 11.7 Å². The molecule has 8 atom stereocenters. The van der Waals surface area contributed by atoms with Crippen LogP contribution in [0.2, 0.25) is 0 Å². The van der Waals surface area contributed by atoms with Crippen molar-refractivity contribution in [2.45, 2.75) is 96.7 Å². The van der Waals surface area contributed by atoms with Crippen LogP contribution in [-0.4, -0.2) is 21.9 Å². The average Bonchev–Trinajstić information content (AvgIpc) is 2.86. The standard InChI is InChI=1S/C21H36O2/c1-4-14-7-8-16-15-9-13-21(23)18(22)6-5-11-20(21,3)17(15)10-12-19(14,16)2/h14-18,22-23H,4-13H2,1-3H3/t14-,15-,16-,17-,18?,19+,20+,21?/m0/s1. The Hall–Kier alpha value is -0.0800. The minimum Gasteiger partial charge on any atom is -0.390 e. The van der Waals surface area contributed by atoms with Crippen LogP contribution in [0.1, 0.15) is 85.0 Å². The molecule has 2 unspecified atom stereocenters. The van der Waals surface area contributed by atoms with Crippen molar-refractivity contribution in [3.8, 4) is 0 Å². The second-order valence-electron chi connectivity index (χ2n) is 9.89. The zero-order valence-electron chi connectivity index (χ0n) is 15.4. The normalized spacial score (nSPS) is 59.1. The maximum absolute atomic E-state index is 11.4. The molecule has 4 aliphatic rings. The molecule has 2 nitrogen and oxygen atoms in total. The maximum Gasteiger partial charge on any atom is 0.0961 e. The van der Waals surface area contributed by atoms with Gasteiger partial charge in [-0.15, -0.1) is 0 Å². The van der Waals surface area contributed by atoms with E-state index in [1.165, 1.54) is 32.1 Å². The number of aliphatic hydroxyl groups is 2. The zero-order chi connectivity index (χ0) is 16.5. The Morgan fingerprint density at radius 2 is 1.70 bits per heavy atom. The van der Waals surface area contributed by atoms with Crippen molar-refractivity contribution in [1.82, 2.24) is 0 Å². The third-order valence-corrected chi connectivity index (χ3v) is 9.52. The van der Waals surface area contributed by atoms with Crippen molar-refractivity contribution in [3.63, 3.8) is 0 Å². The fraction of sp³-hybridized carbons (Fsp3) is 1.00. The molecule has 0 radical (unpaired) electrons. The van der Waals surface area contributed by atoms with Gasteiger partial charge in [0.1, 0.15) is 0 Å². The van der Waals surface area contributed by atoms with Crippen LogP contribution >= 0.6 is 0 Å². The Balaban J connectivity index is 1.67. The Morgan fingerprint density at radius 1 is 0.913 bits per heavy atom. The monoisotopic (exact) mass is 320 g/mol. The van der Waals surface area contributed by atoms with Gasteiger partial charge in [-0.05, 0) is 80.5 Å². The molecule has 0 aromatic heterocycles. The minimum atomic E-state index is -0.817. The van der Waals surface area contributed by atoms with Crippen molar-refractivity contribution < 1.29 is 10.2 Å². The van der Waals surface area contributed by atoms with E-state index in [0.29, 0.717) is 11.3 Å². The van der Waals surface area contributed by atoms with Gasteiger partial charge in [0.15, 0.2) is 0 Å². The van der Waals surface area contributed by atoms with Crippen LogP contribution in [0.15, 0.2) is 0 Å². The first kappa shape index (κ1) is 16.4. The largest absolute Gasteiger partial charge is 0.390 e. The topological polar surface area (TPSA) is 40.5 Å². The van der Waals surface area contributed by atoms with E-state index < -0.39 is 11.7 Å². The van der Waals surface area contributed by atoms with Gasteiger partial charge in [-0.2, -0.15) is 0 Å². The Morgan fingerprint density at radius 3 is 2.43 bits per heavy atom. The maximum atomic E-state index is 11.4. The summed E-state index contributed by atoms with van der Waals surface area (Å²) < 4.78 is 0. The summed E-state index contributed by atoms with van der Waals surface area (Å²) in [7, 11) is 0. The highest BCUT2D eigenvalue weighted by Crippen LogP contribution is 2.68. The van der Waals surface area contributed by atoms with Gasteiger partial charge in [0.25, 0.3) is 0 Å². The third-order valence-electron chi connectivity index (χ3n) is 9.52. The molecular formula is C21H36O2. The molecule has 4 fully saturated rings. The summed E-state index contributed by atoms with van der Waals surface area (Å²) in [6.45, 7) is 7.28. The first-order valence-electron chi connectivity index (χ1n) is 10.3. The lowest BCUT2D eigenvalue weighted by Gasteiger charge is -2.64. The second-order valence-corrected chi connectivity index (χ2v) is 9.89. The number of hydrogen-bond donors (Lipinski definition) is 2. The van der Waals surface area contributed by atoms with Crippen LogP contribution in [0.5, 0.6) is 0 Å². The van der Waals surface area contributed by atoms with Crippen molar-refractivity contribution in [2.24, 2.45) is 34.5 Å². The highest BCUT2D eigenvalue weighted by Gasteiger charge is 2.65. The van der Waals surface area contributed by atoms with E-state index in [9.17, 15) is 10.2 Å². The molecule has 4 aliphatic carbocycles. The summed E-state index contributed by atoms with van der Waals surface area (Å²) in [6, 6.07) is 0. The predicted octanol–water partition coefficient (Wildman–Crippen LogP) is 4.53. The summed E-state index contributed by atoms with van der Waals surface area (Å²) in [6.07, 6.45) is 11.3. The summed E-state index contributed by atoms with van der Waals surface area (Å²) in [5, 5.41) is 22.0. The molecule has 132 valence electrons. The summed E-state index contributed by atoms with van der Waals surface area (Å²) in [5.41, 5.74) is -0.322. The van der Waals surface area contributed by atoms with Gasteiger partial charge in [-0.1, -0.05) is 33.6 Å². The first-order valence-corrected chi connectivity index (χ1v) is 10.3. The zero-order valence-corrected chi connectivity index (χ0v) is 15.4. The fourth-order valence-corrected chi connectivity index (χ4v) is 8.10. The van der Waals surface area contributed by atoms with Gasteiger partial charge >= 0.3 is 0 Å². The van der Waals surface area contributed by atoms with E-state index in [2.05, 4.69) is 20.8 Å². The Labute approximate surface area is 142 Å². The van der Waals surface area contributed by atoms with Crippen molar-refractivity contribution in [2.75, 3.05) is 0 Å². The van der Waals surface area contributed by atoms with E-state index in [1.807, 2.05) is 0 Å². The number of hydrogen-bond acceptors (Lipinski definition) is 2. The summed E-state index contributed by atoms with van der Waals surface area (Å²) >= 11 is 0. The lowest BCUT2D eigenvalue weighted by atomic mass is 9.43. The van der Waals surface area contributed by atoms with Crippen LogP contribution in [0.25, 0.3) is 0 Å². The van der Waals surface area contributed by atoms with E-state index in [4.69, 9.17) is 0 Å². The van der Waals surface area contributed by atoms with Crippen LogP contribution in [0.3, 0.4) is 0 Å². The number of fused-ring (bicyclic) bond motifs is 5. The quantitative estimate of drug-likeness (QED) is 0.745. The molecule has 2 heteroatoms. The fourth-order valence-electron chi connectivity index (χ4n) is 8.10. The van der Waals surface area contributed by atoms with Crippen molar-refractivity contribution in [1.29, 1.82) is 0 Å². The molecule has 0 bridgehead atoms. The van der Waals surface area contributed by atoms with Gasteiger partial charge in [0.2, 0.25) is 0 Å². The third kappa shape index (κ3) is 1.94. The lowest BCUT2D eigenvalue weighted by molar-refractivity contribution is -0.245. The van der Waals surface area contributed by atoms with Crippen LogP contribution < -0.4 is 0 Å². The smallest absolute Gasteiger partial charge is 0.0961 e. The van der Waals surface area contributed by atoms with E-state index in [0.717, 1.165) is 49.9 Å². The second kappa shape index (κ2) is 5.21. The minimum absolute atomic E-state index is 0.0563. The van der Waals surface area contributed by atoms with Crippen LogP contribution in [-0.2, 0) is 0 Å². The summed E-state index contributed by atoms with van der Waals surface area (Å²) in [5.74, 6) is 3.21. The Bertz CT molecular complexity index is 476. The van der Waals surface area contributed by atoms with E-state index in [-0.39, 0.29) is 5.41 Å². The van der Waals surface area contributed by atoms with E-state index in [1.54, 1.807) is 0 Å². The van der Waals surface area contributed by atoms with Gasteiger partial charge in [-0.25, -0.2) is 0 Å². The number of rotatable bonds is 1. The van der Waals surface area contributed by atoms with Crippen molar-refractivity contribution in [3.05, 3.63) is 0 Å². The van der Waals surface area contributed by atoms with Crippen molar-refractivity contribution >= 4 is 0 Å². The average molecular weight is 321 g/mol. The molecule has 4 saturated carbocycles. The molecule has 0 saturated heterocycles. The molecule has 0 aliphatic heterocycles. The molecule has 0 amide bonds. The summed E-state index contributed by atoms with van der Waals surface area (Å²) in [4.78, 5) is 0. The molecule has 2 N–H and O–H groups in total. The molecule has 0 heterocycles. The predicted molar refractivity (Wildman–Crippen MR) is 93.0 cm³/mol. The van der Waals surface area contributed by atoms with Gasteiger partial charge in [-0.3, -0.25) is 0 Å². The molecule has 0 aromatic carbocycles. The van der Waals surface area contributed by atoms with Crippen LogP contribution in [0.4, 0.5) is 0 Å². The molecule has 4 rings (SSSR count). The lowest BCUT2D eigenvalue weighted by Crippen LogP contribution is -2.66. The van der Waals surface area contributed by atoms with Gasteiger partial charge < -0.3 is 10.2 Å².